The molecule has 154 valence electrons. The molecular formula is C21H19F2N5O2. The van der Waals surface area contributed by atoms with E-state index in [0.29, 0.717) is 37.8 Å². The van der Waals surface area contributed by atoms with E-state index in [9.17, 15) is 13.6 Å². The van der Waals surface area contributed by atoms with Crippen molar-refractivity contribution < 1.29 is 18.0 Å². The summed E-state index contributed by atoms with van der Waals surface area (Å²) in [5.41, 5.74) is 0.646. The van der Waals surface area contributed by atoms with E-state index in [1.54, 1.807) is 17.9 Å². The molecule has 9 heteroatoms. The van der Waals surface area contributed by atoms with Crippen LogP contribution in [0.5, 0.6) is 0 Å². The minimum absolute atomic E-state index is 0.0846. The van der Waals surface area contributed by atoms with Crippen molar-refractivity contribution in [2.75, 3.05) is 31.1 Å². The van der Waals surface area contributed by atoms with Gasteiger partial charge in [0.15, 0.2) is 5.82 Å². The maximum Gasteiger partial charge on any atom is 0.254 e. The van der Waals surface area contributed by atoms with Crippen LogP contribution < -0.4 is 4.90 Å². The van der Waals surface area contributed by atoms with Crippen LogP contribution in [-0.4, -0.2) is 51.9 Å². The highest BCUT2D eigenvalue weighted by Gasteiger charge is 2.43. The van der Waals surface area contributed by atoms with Crippen LogP contribution in [0, 0.1) is 30.4 Å². The Kier molecular flexibility index (Phi) is 4.45. The van der Waals surface area contributed by atoms with Gasteiger partial charge in [-0.25, -0.2) is 23.7 Å². The Morgan fingerprint density at radius 3 is 2.53 bits per heavy atom. The van der Waals surface area contributed by atoms with Crippen molar-refractivity contribution in [3.8, 4) is 11.5 Å². The van der Waals surface area contributed by atoms with Crippen molar-refractivity contribution in [3.05, 3.63) is 59.7 Å². The minimum Gasteiger partial charge on any atom is -0.444 e. The number of hydrogen-bond donors (Lipinski definition) is 0. The van der Waals surface area contributed by atoms with Gasteiger partial charge >= 0.3 is 0 Å². The second-order valence-corrected chi connectivity index (χ2v) is 7.74. The molecule has 0 saturated carbocycles. The molecule has 2 atom stereocenters. The fourth-order valence-electron chi connectivity index (χ4n) is 4.35. The summed E-state index contributed by atoms with van der Waals surface area (Å²) < 4.78 is 33.2. The van der Waals surface area contributed by atoms with Crippen molar-refractivity contribution in [2.45, 2.75) is 6.92 Å². The van der Waals surface area contributed by atoms with E-state index in [2.05, 4.69) is 15.0 Å². The van der Waals surface area contributed by atoms with E-state index < -0.39 is 11.6 Å². The lowest BCUT2D eigenvalue weighted by molar-refractivity contribution is 0.0782. The van der Waals surface area contributed by atoms with Crippen LogP contribution >= 0.6 is 0 Å². The summed E-state index contributed by atoms with van der Waals surface area (Å²) in [5, 5.41) is 0. The van der Waals surface area contributed by atoms with Crippen LogP contribution in [0.15, 0.2) is 41.3 Å². The molecule has 2 aliphatic rings. The molecule has 3 aromatic rings. The van der Waals surface area contributed by atoms with Crippen LogP contribution in [-0.2, 0) is 0 Å². The van der Waals surface area contributed by atoms with E-state index in [0.717, 1.165) is 0 Å². The zero-order valence-corrected chi connectivity index (χ0v) is 16.3. The molecule has 0 spiro atoms. The number of oxazole rings is 1. The second kappa shape index (κ2) is 7.16. The lowest BCUT2D eigenvalue weighted by atomic mass is 10.0. The SMILES string of the molecule is Cc1nc(N2CC3CN(C(=O)c4cccc(F)c4-c4ncco4)CC3C2)ncc1F. The molecule has 1 amide bonds. The monoisotopic (exact) mass is 411 g/mol. The number of fused-ring (bicyclic) bond motifs is 1. The number of carbonyl (C=O) groups excluding carboxylic acids is 1. The van der Waals surface area contributed by atoms with E-state index in [1.807, 2.05) is 4.90 Å². The molecule has 4 heterocycles. The van der Waals surface area contributed by atoms with Crippen molar-refractivity contribution in [3.63, 3.8) is 0 Å². The maximum atomic E-state index is 14.5. The van der Waals surface area contributed by atoms with E-state index in [-0.39, 0.29) is 34.8 Å². The van der Waals surface area contributed by atoms with Gasteiger partial charge in [0.2, 0.25) is 11.8 Å². The highest BCUT2D eigenvalue weighted by atomic mass is 19.1. The van der Waals surface area contributed by atoms with Crippen molar-refractivity contribution in [2.24, 2.45) is 11.8 Å². The zero-order valence-electron chi connectivity index (χ0n) is 16.3. The van der Waals surface area contributed by atoms with Crippen LogP contribution in [0.1, 0.15) is 16.1 Å². The quantitative estimate of drug-likeness (QED) is 0.660. The number of aromatic nitrogens is 3. The Balaban J connectivity index is 1.33. The molecule has 1 aromatic carbocycles. The molecule has 5 rings (SSSR count). The molecule has 7 nitrogen and oxygen atoms in total. The summed E-state index contributed by atoms with van der Waals surface area (Å²) in [4.78, 5) is 29.3. The number of amides is 1. The summed E-state index contributed by atoms with van der Waals surface area (Å²) in [6.07, 6.45) is 3.96. The number of anilines is 1. The molecule has 0 N–H and O–H groups in total. The number of hydrogen-bond acceptors (Lipinski definition) is 6. The summed E-state index contributed by atoms with van der Waals surface area (Å²) in [5.74, 6) is -0.103. The number of halogens is 2. The summed E-state index contributed by atoms with van der Waals surface area (Å²) >= 11 is 0. The fraction of sp³-hybridized carbons (Fsp3) is 0.333. The van der Waals surface area contributed by atoms with Gasteiger partial charge in [-0.15, -0.1) is 0 Å². The Morgan fingerprint density at radius 1 is 1.10 bits per heavy atom. The second-order valence-electron chi connectivity index (χ2n) is 7.74. The molecule has 2 aromatic heterocycles. The van der Waals surface area contributed by atoms with Gasteiger partial charge in [0, 0.05) is 38.0 Å². The molecule has 2 aliphatic heterocycles. The molecule has 0 bridgehead atoms. The number of rotatable bonds is 3. The third-order valence-electron chi connectivity index (χ3n) is 5.85. The predicted octanol–water partition coefficient (Wildman–Crippen LogP) is 2.93. The maximum absolute atomic E-state index is 14.5. The highest BCUT2D eigenvalue weighted by Crippen LogP contribution is 2.35. The van der Waals surface area contributed by atoms with Gasteiger partial charge in [0.1, 0.15) is 12.1 Å². The van der Waals surface area contributed by atoms with E-state index in [1.165, 1.54) is 30.8 Å². The first-order valence-corrected chi connectivity index (χ1v) is 9.73. The van der Waals surface area contributed by atoms with Crippen LogP contribution in [0.3, 0.4) is 0 Å². The Morgan fingerprint density at radius 2 is 1.87 bits per heavy atom. The number of likely N-dealkylation sites (tertiary alicyclic amines) is 1. The number of nitrogens with zero attached hydrogens (tertiary/aromatic N) is 5. The van der Waals surface area contributed by atoms with Gasteiger partial charge in [0.05, 0.1) is 29.2 Å². The predicted molar refractivity (Wildman–Crippen MR) is 104 cm³/mol. The van der Waals surface area contributed by atoms with Crippen LogP contribution in [0.25, 0.3) is 11.5 Å². The molecule has 2 unspecified atom stereocenters. The van der Waals surface area contributed by atoms with Crippen molar-refractivity contribution >= 4 is 11.9 Å². The number of carbonyl (C=O) groups is 1. The fourth-order valence-corrected chi connectivity index (χ4v) is 4.35. The molecule has 2 saturated heterocycles. The molecule has 0 aliphatic carbocycles. The van der Waals surface area contributed by atoms with Gasteiger partial charge in [-0.1, -0.05) is 6.07 Å². The third kappa shape index (κ3) is 3.10. The largest absolute Gasteiger partial charge is 0.444 e. The normalized spacial score (nSPS) is 20.6. The van der Waals surface area contributed by atoms with Crippen molar-refractivity contribution in [1.29, 1.82) is 0 Å². The average molecular weight is 411 g/mol. The summed E-state index contributed by atoms with van der Waals surface area (Å²) in [6.45, 7) is 4.11. The standard InChI is InChI=1S/C21H19F2N5O2/c1-12-17(23)7-25-21(26-12)28-10-13-8-27(9-14(13)11-28)20(29)15-3-2-4-16(22)18(15)19-24-5-6-30-19/h2-7,13-14H,8-11H2,1H3. The first-order valence-electron chi connectivity index (χ1n) is 9.73. The van der Waals surface area contributed by atoms with Crippen LogP contribution in [0.2, 0.25) is 0 Å². The lowest BCUT2D eigenvalue weighted by Gasteiger charge is -2.22. The molecule has 0 radical (unpaired) electrons. The van der Waals surface area contributed by atoms with Gasteiger partial charge in [0.25, 0.3) is 5.91 Å². The summed E-state index contributed by atoms with van der Waals surface area (Å²) in [6, 6.07) is 4.40. The van der Waals surface area contributed by atoms with Gasteiger partial charge in [-0.3, -0.25) is 4.79 Å². The zero-order chi connectivity index (χ0) is 20.8. The number of benzene rings is 1. The smallest absolute Gasteiger partial charge is 0.254 e. The third-order valence-corrected chi connectivity index (χ3v) is 5.85. The molecular weight excluding hydrogens is 392 g/mol. The molecule has 30 heavy (non-hydrogen) atoms. The van der Waals surface area contributed by atoms with Gasteiger partial charge < -0.3 is 14.2 Å². The Labute approximate surface area is 171 Å². The minimum atomic E-state index is -0.544. The average Bonchev–Trinajstić information content (AvgIpc) is 3.45. The van der Waals surface area contributed by atoms with E-state index in [4.69, 9.17) is 4.42 Å². The van der Waals surface area contributed by atoms with E-state index >= 15 is 0 Å². The van der Waals surface area contributed by atoms with Gasteiger partial charge in [-0.05, 0) is 19.1 Å². The first kappa shape index (κ1) is 18.7. The summed E-state index contributed by atoms with van der Waals surface area (Å²) in [7, 11) is 0. The van der Waals surface area contributed by atoms with Gasteiger partial charge in [-0.2, -0.15) is 0 Å². The lowest BCUT2D eigenvalue weighted by Crippen LogP contribution is -2.34. The van der Waals surface area contributed by atoms with Crippen molar-refractivity contribution in [1.82, 2.24) is 19.9 Å². The Hall–Kier alpha value is -3.36. The molecule has 2 fully saturated rings. The number of aryl methyl sites for hydroxylation is 1. The topological polar surface area (TPSA) is 75.4 Å². The highest BCUT2D eigenvalue weighted by molar-refractivity contribution is 6.00. The van der Waals surface area contributed by atoms with Crippen LogP contribution in [0.4, 0.5) is 14.7 Å². The Bertz CT molecular complexity index is 1090. The first-order chi connectivity index (χ1) is 14.5.